The molecule has 5 aromatic rings. The van der Waals surface area contributed by atoms with Crippen molar-refractivity contribution in [3.8, 4) is 11.1 Å². The van der Waals surface area contributed by atoms with Crippen LogP contribution in [0.1, 0.15) is 17.4 Å². The van der Waals surface area contributed by atoms with Gasteiger partial charge in [0.1, 0.15) is 21.9 Å². The molecule has 0 aliphatic heterocycles. The summed E-state index contributed by atoms with van der Waals surface area (Å²) >= 11 is 1.60. The summed E-state index contributed by atoms with van der Waals surface area (Å²) in [6.45, 7) is 6.27. The third-order valence-electron chi connectivity index (χ3n) is 6.04. The molecule has 0 fully saturated rings. The Bertz CT molecular complexity index is 1630. The van der Waals surface area contributed by atoms with Crippen LogP contribution in [0.25, 0.3) is 21.3 Å². The fraction of sp³-hybridized carbons (Fsp3) is 0.143. The molecule has 0 aliphatic rings. The van der Waals surface area contributed by atoms with Crippen LogP contribution in [0.2, 0.25) is 0 Å². The van der Waals surface area contributed by atoms with Crippen molar-refractivity contribution in [2.45, 2.75) is 25.7 Å². The predicted octanol–water partition coefficient (Wildman–Crippen LogP) is 6.93. The van der Waals surface area contributed by atoms with E-state index < -0.39 is 10.0 Å². The molecule has 0 saturated heterocycles. The van der Waals surface area contributed by atoms with E-state index in [9.17, 15) is 8.42 Å². The van der Waals surface area contributed by atoms with Crippen LogP contribution in [0.3, 0.4) is 0 Å². The zero-order chi connectivity index (χ0) is 25.3. The molecule has 2 heterocycles. The molecular formula is C28H26N4O2S2. The number of nitrogens with zero attached hydrogens (tertiary/aromatic N) is 3. The van der Waals surface area contributed by atoms with E-state index in [1.807, 2.05) is 31.2 Å². The minimum Gasteiger partial charge on any atom is -0.338 e. The van der Waals surface area contributed by atoms with Crippen molar-refractivity contribution in [2.24, 2.45) is 0 Å². The Morgan fingerprint density at radius 2 is 1.58 bits per heavy atom. The number of thiophene rings is 1. The third-order valence-corrected chi connectivity index (χ3v) is 9.02. The summed E-state index contributed by atoms with van der Waals surface area (Å²) in [6.07, 6.45) is 1.51. The standard InChI is InChI=1S/C28H26N4O2S2/c1-4-32(22-10-6-5-7-11-22)36(33,34)24-13-9-8-12-23(24)31-27-26-25(21-16-14-19(2)15-17-21)20(3)35-28(26)30-18-29-27/h5-18H,4H2,1-3H3,(H,29,30,31). The summed E-state index contributed by atoms with van der Waals surface area (Å²) < 4.78 is 29.0. The van der Waals surface area contributed by atoms with Crippen LogP contribution in [0.5, 0.6) is 0 Å². The van der Waals surface area contributed by atoms with E-state index in [4.69, 9.17) is 0 Å². The van der Waals surface area contributed by atoms with Crippen molar-refractivity contribution >= 4 is 48.8 Å². The molecule has 0 aliphatic carbocycles. The third kappa shape index (κ3) is 4.34. The lowest BCUT2D eigenvalue weighted by atomic mass is 10.0. The largest absolute Gasteiger partial charge is 0.338 e. The minimum atomic E-state index is -3.84. The van der Waals surface area contributed by atoms with Crippen LogP contribution in [0.15, 0.2) is 90.1 Å². The Morgan fingerprint density at radius 1 is 0.889 bits per heavy atom. The first-order valence-corrected chi connectivity index (χ1v) is 13.9. The fourth-order valence-electron chi connectivity index (χ4n) is 4.33. The van der Waals surface area contributed by atoms with Gasteiger partial charge in [-0.3, -0.25) is 4.31 Å². The van der Waals surface area contributed by atoms with E-state index in [1.165, 1.54) is 16.2 Å². The summed E-state index contributed by atoms with van der Waals surface area (Å²) in [4.78, 5) is 11.2. The smallest absolute Gasteiger partial charge is 0.266 e. The molecule has 6 nitrogen and oxygen atoms in total. The summed E-state index contributed by atoms with van der Waals surface area (Å²) in [5, 5.41) is 4.22. The maximum Gasteiger partial charge on any atom is 0.266 e. The Hall–Kier alpha value is -3.75. The van der Waals surface area contributed by atoms with Crippen LogP contribution in [0, 0.1) is 13.8 Å². The van der Waals surface area contributed by atoms with Gasteiger partial charge >= 0.3 is 0 Å². The van der Waals surface area contributed by atoms with Crippen molar-refractivity contribution in [2.75, 3.05) is 16.2 Å². The Balaban J connectivity index is 1.62. The van der Waals surface area contributed by atoms with Crippen LogP contribution in [-0.2, 0) is 10.0 Å². The molecule has 0 unspecified atom stereocenters. The van der Waals surface area contributed by atoms with Crippen molar-refractivity contribution in [1.29, 1.82) is 0 Å². The molecule has 3 aromatic carbocycles. The molecule has 0 atom stereocenters. The SMILES string of the molecule is CCN(c1ccccc1)S(=O)(=O)c1ccccc1Nc1ncnc2sc(C)c(-c3ccc(C)cc3)c12. The number of benzene rings is 3. The van der Waals surface area contributed by atoms with Gasteiger partial charge < -0.3 is 5.32 Å². The second-order valence-electron chi connectivity index (χ2n) is 8.43. The van der Waals surface area contributed by atoms with E-state index in [-0.39, 0.29) is 4.90 Å². The van der Waals surface area contributed by atoms with Crippen LogP contribution in [0.4, 0.5) is 17.2 Å². The quantitative estimate of drug-likeness (QED) is 0.255. The van der Waals surface area contributed by atoms with E-state index in [1.54, 1.807) is 41.7 Å². The predicted molar refractivity (Wildman–Crippen MR) is 149 cm³/mol. The lowest BCUT2D eigenvalue weighted by molar-refractivity contribution is 0.592. The molecular weight excluding hydrogens is 488 g/mol. The van der Waals surface area contributed by atoms with Gasteiger partial charge in [0, 0.05) is 17.0 Å². The molecule has 0 radical (unpaired) electrons. The van der Waals surface area contributed by atoms with Crippen LogP contribution >= 0.6 is 11.3 Å². The number of anilines is 3. The minimum absolute atomic E-state index is 0.186. The molecule has 0 bridgehead atoms. The van der Waals surface area contributed by atoms with Gasteiger partial charge in [0.2, 0.25) is 0 Å². The summed E-state index contributed by atoms with van der Waals surface area (Å²) in [7, 11) is -3.84. The number of fused-ring (bicyclic) bond motifs is 1. The van der Waals surface area contributed by atoms with Crippen LogP contribution < -0.4 is 9.62 Å². The highest BCUT2D eigenvalue weighted by molar-refractivity contribution is 7.93. The second-order valence-corrected chi connectivity index (χ2v) is 11.5. The van der Waals surface area contributed by atoms with Gasteiger partial charge in [-0.2, -0.15) is 0 Å². The molecule has 0 spiro atoms. The van der Waals surface area contributed by atoms with Gasteiger partial charge in [-0.15, -0.1) is 11.3 Å². The molecule has 8 heteroatoms. The average Bonchev–Trinajstić information content (AvgIpc) is 3.22. The highest BCUT2D eigenvalue weighted by Crippen LogP contribution is 2.41. The lowest BCUT2D eigenvalue weighted by Gasteiger charge is -2.24. The van der Waals surface area contributed by atoms with Gasteiger partial charge in [-0.05, 0) is 50.6 Å². The lowest BCUT2D eigenvalue weighted by Crippen LogP contribution is -2.31. The molecule has 0 saturated carbocycles. The van der Waals surface area contributed by atoms with E-state index in [0.29, 0.717) is 23.7 Å². The van der Waals surface area contributed by atoms with Crippen molar-refractivity contribution < 1.29 is 8.42 Å². The molecule has 1 N–H and O–H groups in total. The van der Waals surface area contributed by atoms with Gasteiger partial charge in [-0.25, -0.2) is 18.4 Å². The number of aromatic nitrogens is 2. The van der Waals surface area contributed by atoms with Crippen molar-refractivity contribution in [3.05, 3.63) is 95.6 Å². The molecule has 0 amide bonds. The number of aryl methyl sites for hydroxylation is 2. The highest BCUT2D eigenvalue weighted by atomic mass is 32.2. The maximum atomic E-state index is 13.8. The summed E-state index contributed by atoms with van der Waals surface area (Å²) in [5.41, 5.74) is 4.39. The molecule has 2 aromatic heterocycles. The van der Waals surface area contributed by atoms with Crippen LogP contribution in [-0.4, -0.2) is 24.9 Å². The van der Waals surface area contributed by atoms with Gasteiger partial charge in [0.25, 0.3) is 10.0 Å². The number of hydrogen-bond donors (Lipinski definition) is 1. The average molecular weight is 515 g/mol. The molecule has 182 valence electrons. The number of para-hydroxylation sites is 2. The number of hydrogen-bond acceptors (Lipinski definition) is 6. The molecule has 5 rings (SSSR count). The van der Waals surface area contributed by atoms with E-state index in [2.05, 4.69) is 53.4 Å². The number of nitrogens with one attached hydrogen (secondary N) is 1. The Labute approximate surface area is 215 Å². The summed E-state index contributed by atoms with van der Waals surface area (Å²) in [5.74, 6) is 0.574. The van der Waals surface area contributed by atoms with E-state index >= 15 is 0 Å². The highest BCUT2D eigenvalue weighted by Gasteiger charge is 2.27. The normalized spacial score (nSPS) is 11.5. The maximum absolute atomic E-state index is 13.8. The zero-order valence-electron chi connectivity index (χ0n) is 20.3. The van der Waals surface area contributed by atoms with Gasteiger partial charge in [0.15, 0.2) is 0 Å². The van der Waals surface area contributed by atoms with Crippen molar-refractivity contribution in [3.63, 3.8) is 0 Å². The van der Waals surface area contributed by atoms with E-state index in [0.717, 1.165) is 26.2 Å². The topological polar surface area (TPSA) is 75.2 Å². The zero-order valence-corrected chi connectivity index (χ0v) is 21.9. The Kier molecular flexibility index (Phi) is 6.47. The first-order valence-electron chi connectivity index (χ1n) is 11.6. The summed E-state index contributed by atoms with van der Waals surface area (Å²) in [6, 6.07) is 24.4. The monoisotopic (exact) mass is 514 g/mol. The Morgan fingerprint density at radius 3 is 2.31 bits per heavy atom. The second kappa shape index (κ2) is 9.72. The fourth-order valence-corrected chi connectivity index (χ4v) is 6.97. The first kappa shape index (κ1) is 24.0. The molecule has 36 heavy (non-hydrogen) atoms. The number of rotatable bonds is 7. The van der Waals surface area contributed by atoms with Crippen molar-refractivity contribution in [1.82, 2.24) is 9.97 Å². The van der Waals surface area contributed by atoms with Gasteiger partial charge in [-0.1, -0.05) is 60.2 Å². The number of sulfonamides is 1. The van der Waals surface area contributed by atoms with Gasteiger partial charge in [0.05, 0.1) is 16.8 Å². The first-order chi connectivity index (χ1) is 17.4.